The number of carbonyl (C=O) groups excluding carboxylic acids is 1. The maximum atomic E-state index is 12.9. The molecular formula is C18H13F3N4O3S. The molecule has 7 nitrogen and oxygen atoms in total. The van der Waals surface area contributed by atoms with Crippen LogP contribution in [0.2, 0.25) is 0 Å². The number of amides is 1. The lowest BCUT2D eigenvalue weighted by Gasteiger charge is -2.17. The van der Waals surface area contributed by atoms with Gasteiger partial charge in [-0.2, -0.15) is 18.3 Å². The summed E-state index contributed by atoms with van der Waals surface area (Å²) in [5.41, 5.74) is -2.04. The Bertz CT molecular complexity index is 1130. The second-order valence-corrected chi connectivity index (χ2v) is 6.88. The molecule has 0 spiro atoms. The average molecular weight is 422 g/mol. The Kier molecular flexibility index (Phi) is 5.87. The predicted octanol–water partition coefficient (Wildman–Crippen LogP) is 2.95. The minimum absolute atomic E-state index is 0.0466. The van der Waals surface area contributed by atoms with Crippen molar-refractivity contribution in [1.29, 1.82) is 0 Å². The van der Waals surface area contributed by atoms with Crippen LogP contribution >= 0.6 is 11.8 Å². The van der Waals surface area contributed by atoms with E-state index in [4.69, 9.17) is 0 Å². The highest BCUT2D eigenvalue weighted by molar-refractivity contribution is 8.00. The summed E-state index contributed by atoms with van der Waals surface area (Å²) in [6.45, 7) is 0. The first-order chi connectivity index (χ1) is 13.7. The van der Waals surface area contributed by atoms with Crippen molar-refractivity contribution < 1.29 is 18.0 Å². The Labute approximate surface area is 165 Å². The van der Waals surface area contributed by atoms with E-state index in [1.165, 1.54) is 12.1 Å². The average Bonchev–Trinajstić information content (AvgIpc) is 2.67. The van der Waals surface area contributed by atoms with Crippen molar-refractivity contribution in [2.75, 3.05) is 5.32 Å². The van der Waals surface area contributed by atoms with Gasteiger partial charge in [0.1, 0.15) is 5.25 Å². The second kappa shape index (κ2) is 8.35. The molecular weight excluding hydrogens is 409 g/mol. The third-order valence-corrected chi connectivity index (χ3v) is 4.93. The van der Waals surface area contributed by atoms with Gasteiger partial charge in [0.05, 0.1) is 5.56 Å². The molecule has 1 aromatic heterocycles. The normalized spacial score (nSPS) is 12.4. The van der Waals surface area contributed by atoms with Crippen LogP contribution in [0.1, 0.15) is 16.4 Å². The summed E-state index contributed by atoms with van der Waals surface area (Å²) in [4.78, 5) is 37.9. The molecule has 3 N–H and O–H groups in total. The highest BCUT2D eigenvalue weighted by Crippen LogP contribution is 2.34. The van der Waals surface area contributed by atoms with Gasteiger partial charge in [-0.1, -0.05) is 48.2 Å². The van der Waals surface area contributed by atoms with E-state index < -0.39 is 34.1 Å². The van der Waals surface area contributed by atoms with Crippen LogP contribution in [0.15, 0.2) is 69.2 Å². The molecule has 0 aliphatic rings. The molecule has 29 heavy (non-hydrogen) atoms. The van der Waals surface area contributed by atoms with Crippen LogP contribution in [-0.2, 0) is 11.0 Å². The first-order valence-corrected chi connectivity index (χ1v) is 9.01. The highest BCUT2D eigenvalue weighted by Gasteiger charge is 2.31. The molecule has 1 heterocycles. The first kappa shape index (κ1) is 20.4. The molecule has 0 saturated carbocycles. The zero-order valence-corrected chi connectivity index (χ0v) is 15.3. The van der Waals surface area contributed by atoms with Crippen LogP contribution in [-0.4, -0.2) is 21.1 Å². The topological polar surface area (TPSA) is 108 Å². The lowest BCUT2D eigenvalue weighted by Crippen LogP contribution is -2.26. The molecule has 0 aliphatic heterocycles. The van der Waals surface area contributed by atoms with Crippen molar-refractivity contribution in [3.05, 3.63) is 86.6 Å². The van der Waals surface area contributed by atoms with E-state index in [0.717, 1.165) is 23.9 Å². The molecule has 0 saturated heterocycles. The molecule has 2 aromatic carbocycles. The molecule has 150 valence electrons. The number of benzene rings is 2. The zero-order valence-electron chi connectivity index (χ0n) is 14.5. The Morgan fingerprint density at radius 1 is 1.07 bits per heavy atom. The summed E-state index contributed by atoms with van der Waals surface area (Å²) in [5, 5.41) is 6.96. The van der Waals surface area contributed by atoms with Gasteiger partial charge in [-0.05, 0) is 23.8 Å². The van der Waals surface area contributed by atoms with Crippen molar-refractivity contribution in [2.24, 2.45) is 0 Å². The number of aromatic amines is 2. The molecule has 11 heteroatoms. The van der Waals surface area contributed by atoms with Crippen molar-refractivity contribution >= 4 is 23.4 Å². The number of carbonyl (C=O) groups is 1. The van der Waals surface area contributed by atoms with E-state index in [9.17, 15) is 27.6 Å². The van der Waals surface area contributed by atoms with Crippen LogP contribution in [0, 0.1) is 0 Å². The summed E-state index contributed by atoms with van der Waals surface area (Å²) in [6, 6.07) is 12.5. The number of H-pyrrole nitrogens is 2. The summed E-state index contributed by atoms with van der Waals surface area (Å²) < 4.78 is 38.7. The van der Waals surface area contributed by atoms with Crippen molar-refractivity contribution in [3.63, 3.8) is 0 Å². The van der Waals surface area contributed by atoms with Gasteiger partial charge >= 0.3 is 11.9 Å². The lowest BCUT2D eigenvalue weighted by molar-refractivity contribution is -0.137. The number of halogens is 3. The van der Waals surface area contributed by atoms with Crippen LogP contribution in [0.3, 0.4) is 0 Å². The van der Waals surface area contributed by atoms with E-state index in [1.807, 2.05) is 4.98 Å². The Balaban J connectivity index is 1.91. The van der Waals surface area contributed by atoms with Crippen molar-refractivity contribution in [1.82, 2.24) is 15.2 Å². The molecule has 0 aliphatic carbocycles. The Morgan fingerprint density at radius 3 is 2.45 bits per heavy atom. The monoisotopic (exact) mass is 422 g/mol. The standard InChI is InChI=1S/C18H13F3N4O3S/c19-18(20,21)11-7-4-8-12(9-11)22-14(26)13(10-5-2-1-3-6-10)29-16-15(27)23-17(28)25-24-16/h1-9,13H,(H,22,26)(H2,23,25,27,28)/t13-/m1/s1. The largest absolute Gasteiger partial charge is 0.416 e. The van der Waals surface area contributed by atoms with Gasteiger partial charge < -0.3 is 5.32 Å². The number of nitrogens with one attached hydrogen (secondary N) is 3. The fraction of sp³-hybridized carbons (Fsp3) is 0.111. The maximum Gasteiger partial charge on any atom is 0.416 e. The Morgan fingerprint density at radius 2 is 1.79 bits per heavy atom. The highest BCUT2D eigenvalue weighted by atomic mass is 32.2. The summed E-state index contributed by atoms with van der Waals surface area (Å²) in [7, 11) is 0. The first-order valence-electron chi connectivity index (χ1n) is 8.13. The van der Waals surface area contributed by atoms with E-state index >= 15 is 0 Å². The number of nitrogens with zero attached hydrogens (tertiary/aromatic N) is 1. The number of hydrogen-bond acceptors (Lipinski definition) is 5. The summed E-state index contributed by atoms with van der Waals surface area (Å²) in [5.74, 6) is -0.659. The third kappa shape index (κ3) is 5.13. The van der Waals surface area contributed by atoms with Crippen molar-refractivity contribution in [3.8, 4) is 0 Å². The summed E-state index contributed by atoms with van der Waals surface area (Å²) in [6.07, 6.45) is -4.55. The van der Waals surface area contributed by atoms with Crippen LogP contribution in [0.25, 0.3) is 0 Å². The fourth-order valence-electron chi connectivity index (χ4n) is 2.41. The zero-order chi connectivity index (χ0) is 21.0. The number of thioether (sulfide) groups is 1. The molecule has 0 bridgehead atoms. The molecule has 0 radical (unpaired) electrons. The second-order valence-electron chi connectivity index (χ2n) is 5.79. The number of aromatic nitrogens is 3. The SMILES string of the molecule is O=C(Nc1cccc(C(F)(F)F)c1)[C@H](Sc1n[nH]c(=O)[nH]c1=O)c1ccccc1. The molecule has 1 amide bonds. The fourth-order valence-corrected chi connectivity index (χ4v) is 3.35. The Hall–Kier alpha value is -3.34. The number of alkyl halides is 3. The molecule has 0 unspecified atom stereocenters. The molecule has 1 atom stereocenters. The van der Waals surface area contributed by atoms with Gasteiger partial charge in [-0.3, -0.25) is 14.6 Å². The quantitative estimate of drug-likeness (QED) is 0.548. The van der Waals surface area contributed by atoms with Crippen LogP contribution < -0.4 is 16.6 Å². The number of hydrogen-bond donors (Lipinski definition) is 3. The van der Waals surface area contributed by atoms with Gasteiger partial charge in [-0.15, -0.1) is 0 Å². The number of rotatable bonds is 5. The van der Waals surface area contributed by atoms with E-state index in [1.54, 1.807) is 30.3 Å². The van der Waals surface area contributed by atoms with Gasteiger partial charge in [0.25, 0.3) is 5.56 Å². The predicted molar refractivity (Wildman–Crippen MR) is 101 cm³/mol. The smallest absolute Gasteiger partial charge is 0.325 e. The molecule has 3 aromatic rings. The van der Waals surface area contributed by atoms with Crippen LogP contribution in [0.4, 0.5) is 18.9 Å². The maximum absolute atomic E-state index is 12.9. The number of anilines is 1. The molecule has 0 fully saturated rings. The van der Waals surface area contributed by atoms with Crippen LogP contribution in [0.5, 0.6) is 0 Å². The van der Waals surface area contributed by atoms with Gasteiger partial charge in [0.2, 0.25) is 5.91 Å². The minimum Gasteiger partial charge on any atom is -0.325 e. The van der Waals surface area contributed by atoms with Crippen molar-refractivity contribution in [2.45, 2.75) is 16.5 Å². The van der Waals surface area contributed by atoms with Gasteiger partial charge in [0, 0.05) is 5.69 Å². The lowest BCUT2D eigenvalue weighted by atomic mass is 10.1. The summed E-state index contributed by atoms with van der Waals surface area (Å²) >= 11 is 0.755. The minimum atomic E-state index is -4.55. The van der Waals surface area contributed by atoms with E-state index in [0.29, 0.717) is 5.56 Å². The third-order valence-electron chi connectivity index (χ3n) is 3.71. The molecule has 3 rings (SSSR count). The van der Waals surface area contributed by atoms with E-state index in [-0.39, 0.29) is 10.7 Å². The van der Waals surface area contributed by atoms with E-state index in [2.05, 4.69) is 15.5 Å². The van der Waals surface area contributed by atoms with Gasteiger partial charge in [0.15, 0.2) is 5.03 Å². The van der Waals surface area contributed by atoms with Gasteiger partial charge in [-0.25, -0.2) is 9.89 Å².